The van der Waals surface area contributed by atoms with E-state index in [2.05, 4.69) is 15.7 Å². The van der Waals surface area contributed by atoms with Crippen LogP contribution in [0.4, 0.5) is 0 Å². The Morgan fingerprint density at radius 2 is 1.82 bits per heavy atom. The molecule has 1 fully saturated rings. The standard InChI is InChI=1S/C18H26N2O2/c1-2-3-9-19-10-12-20(13-11-19)14-18(21)16-22-15-17-7-5-4-6-8-17/h1,4-8,18,21H,3,9-16H2. The maximum Gasteiger partial charge on any atom is 0.0900 e. The van der Waals surface area contributed by atoms with E-state index in [9.17, 15) is 5.11 Å². The highest BCUT2D eigenvalue weighted by Crippen LogP contribution is 2.05. The molecular weight excluding hydrogens is 276 g/mol. The molecule has 120 valence electrons. The van der Waals surface area contributed by atoms with Gasteiger partial charge in [-0.1, -0.05) is 30.3 Å². The zero-order valence-corrected chi connectivity index (χ0v) is 13.2. The second-order valence-corrected chi connectivity index (χ2v) is 5.75. The van der Waals surface area contributed by atoms with E-state index in [1.54, 1.807) is 0 Å². The Kier molecular flexibility index (Phi) is 7.41. The number of nitrogens with zero attached hydrogens (tertiary/aromatic N) is 2. The highest BCUT2D eigenvalue weighted by molar-refractivity contribution is 5.13. The molecule has 1 aromatic rings. The SMILES string of the molecule is C#CCCN1CCN(CC(O)COCc2ccccc2)CC1. The van der Waals surface area contributed by atoms with E-state index < -0.39 is 6.10 Å². The van der Waals surface area contributed by atoms with Crippen molar-refractivity contribution in [1.82, 2.24) is 9.80 Å². The van der Waals surface area contributed by atoms with Crippen LogP contribution in [0.3, 0.4) is 0 Å². The predicted octanol–water partition coefficient (Wildman–Crippen LogP) is 1.20. The quantitative estimate of drug-likeness (QED) is 0.732. The minimum absolute atomic E-state index is 0.381. The fourth-order valence-corrected chi connectivity index (χ4v) is 2.66. The number of aliphatic hydroxyl groups is 1. The molecule has 1 atom stereocenters. The van der Waals surface area contributed by atoms with Crippen LogP contribution in [-0.4, -0.2) is 66.9 Å². The van der Waals surface area contributed by atoms with Crippen molar-refractivity contribution >= 4 is 0 Å². The van der Waals surface area contributed by atoms with Gasteiger partial charge in [-0.25, -0.2) is 0 Å². The van der Waals surface area contributed by atoms with Crippen LogP contribution in [0.1, 0.15) is 12.0 Å². The first-order valence-electron chi connectivity index (χ1n) is 7.96. The third kappa shape index (κ3) is 6.17. The zero-order chi connectivity index (χ0) is 15.6. The molecule has 0 aromatic heterocycles. The highest BCUT2D eigenvalue weighted by Gasteiger charge is 2.18. The Labute approximate surface area is 133 Å². The molecule has 1 aromatic carbocycles. The first-order chi connectivity index (χ1) is 10.8. The number of benzene rings is 1. The van der Waals surface area contributed by atoms with E-state index in [-0.39, 0.29) is 0 Å². The van der Waals surface area contributed by atoms with E-state index in [0.29, 0.717) is 19.8 Å². The molecule has 0 amide bonds. The molecular formula is C18H26N2O2. The van der Waals surface area contributed by atoms with E-state index in [1.165, 1.54) is 0 Å². The van der Waals surface area contributed by atoms with Gasteiger partial charge in [-0.15, -0.1) is 12.3 Å². The Balaban J connectivity index is 1.58. The normalized spacial score (nSPS) is 18.0. The fraction of sp³-hybridized carbons (Fsp3) is 0.556. The summed E-state index contributed by atoms with van der Waals surface area (Å²) in [7, 11) is 0. The lowest BCUT2D eigenvalue weighted by Gasteiger charge is -2.35. The molecule has 0 saturated carbocycles. The summed E-state index contributed by atoms with van der Waals surface area (Å²) < 4.78 is 5.59. The monoisotopic (exact) mass is 302 g/mol. The van der Waals surface area contributed by atoms with Gasteiger partial charge < -0.3 is 9.84 Å². The minimum Gasteiger partial charge on any atom is -0.389 e. The van der Waals surface area contributed by atoms with Crippen LogP contribution in [0, 0.1) is 12.3 Å². The molecule has 0 bridgehead atoms. The van der Waals surface area contributed by atoms with Crippen molar-refractivity contribution < 1.29 is 9.84 Å². The zero-order valence-electron chi connectivity index (χ0n) is 13.2. The molecule has 1 saturated heterocycles. The van der Waals surface area contributed by atoms with Gasteiger partial charge in [-0.05, 0) is 5.56 Å². The molecule has 0 aliphatic carbocycles. The molecule has 1 unspecified atom stereocenters. The molecule has 0 radical (unpaired) electrons. The molecule has 1 aliphatic heterocycles. The average Bonchev–Trinajstić information content (AvgIpc) is 2.55. The topological polar surface area (TPSA) is 35.9 Å². The van der Waals surface area contributed by atoms with Gasteiger partial charge in [0.2, 0.25) is 0 Å². The summed E-state index contributed by atoms with van der Waals surface area (Å²) in [6.45, 7) is 6.62. The van der Waals surface area contributed by atoms with Crippen LogP contribution in [0.25, 0.3) is 0 Å². The molecule has 1 heterocycles. The van der Waals surface area contributed by atoms with Crippen LogP contribution in [0.15, 0.2) is 30.3 Å². The molecule has 22 heavy (non-hydrogen) atoms. The van der Waals surface area contributed by atoms with Gasteiger partial charge in [0.05, 0.1) is 19.3 Å². The number of hydrogen-bond acceptors (Lipinski definition) is 4. The van der Waals surface area contributed by atoms with Gasteiger partial charge >= 0.3 is 0 Å². The number of rotatable bonds is 8. The largest absolute Gasteiger partial charge is 0.389 e. The molecule has 0 spiro atoms. The van der Waals surface area contributed by atoms with Crippen LogP contribution >= 0.6 is 0 Å². The lowest BCUT2D eigenvalue weighted by Crippen LogP contribution is -2.49. The van der Waals surface area contributed by atoms with Crippen molar-refractivity contribution in [2.45, 2.75) is 19.1 Å². The van der Waals surface area contributed by atoms with Crippen molar-refractivity contribution in [3.05, 3.63) is 35.9 Å². The Morgan fingerprint density at radius 1 is 1.14 bits per heavy atom. The smallest absolute Gasteiger partial charge is 0.0900 e. The highest BCUT2D eigenvalue weighted by atomic mass is 16.5. The second kappa shape index (κ2) is 9.60. The molecule has 1 N–H and O–H groups in total. The van der Waals surface area contributed by atoms with Gasteiger partial charge in [0, 0.05) is 45.7 Å². The van der Waals surface area contributed by atoms with Crippen LogP contribution in [-0.2, 0) is 11.3 Å². The predicted molar refractivity (Wildman–Crippen MR) is 88.4 cm³/mol. The molecule has 2 rings (SSSR count). The van der Waals surface area contributed by atoms with Gasteiger partial charge in [0.15, 0.2) is 0 Å². The van der Waals surface area contributed by atoms with E-state index in [1.807, 2.05) is 30.3 Å². The third-order valence-electron chi connectivity index (χ3n) is 3.93. The number of ether oxygens (including phenoxy) is 1. The molecule has 4 heteroatoms. The summed E-state index contributed by atoms with van der Waals surface area (Å²) in [4.78, 5) is 4.68. The Bertz CT molecular complexity index is 450. The summed E-state index contributed by atoms with van der Waals surface area (Å²) in [5.74, 6) is 2.68. The van der Waals surface area contributed by atoms with E-state index in [0.717, 1.165) is 44.7 Å². The fourth-order valence-electron chi connectivity index (χ4n) is 2.66. The van der Waals surface area contributed by atoms with Crippen LogP contribution < -0.4 is 0 Å². The number of hydrogen-bond donors (Lipinski definition) is 1. The first kappa shape index (κ1) is 17.0. The molecule has 1 aliphatic rings. The first-order valence-corrected chi connectivity index (χ1v) is 7.96. The lowest BCUT2D eigenvalue weighted by atomic mass is 10.2. The van der Waals surface area contributed by atoms with Crippen LogP contribution in [0.2, 0.25) is 0 Å². The Morgan fingerprint density at radius 3 is 2.50 bits per heavy atom. The van der Waals surface area contributed by atoms with E-state index >= 15 is 0 Å². The van der Waals surface area contributed by atoms with Crippen molar-refractivity contribution in [3.8, 4) is 12.3 Å². The van der Waals surface area contributed by atoms with Crippen molar-refractivity contribution in [3.63, 3.8) is 0 Å². The summed E-state index contributed by atoms with van der Waals surface area (Å²) in [5.41, 5.74) is 1.14. The summed E-state index contributed by atoms with van der Waals surface area (Å²) in [6.07, 6.45) is 5.68. The maximum absolute atomic E-state index is 10.1. The Hall–Kier alpha value is -1.38. The van der Waals surface area contributed by atoms with Crippen molar-refractivity contribution in [1.29, 1.82) is 0 Å². The molecule has 4 nitrogen and oxygen atoms in total. The van der Waals surface area contributed by atoms with Gasteiger partial charge in [-0.2, -0.15) is 0 Å². The van der Waals surface area contributed by atoms with E-state index in [4.69, 9.17) is 11.2 Å². The van der Waals surface area contributed by atoms with Gasteiger partial charge in [0.25, 0.3) is 0 Å². The number of β-amino-alcohol motifs (C(OH)–C–C–N with tert-alkyl or cyclic N) is 1. The van der Waals surface area contributed by atoms with Crippen molar-refractivity contribution in [2.75, 3.05) is 45.9 Å². The number of piperazine rings is 1. The minimum atomic E-state index is -0.430. The number of terminal acetylenes is 1. The van der Waals surface area contributed by atoms with Crippen LogP contribution in [0.5, 0.6) is 0 Å². The summed E-state index contributed by atoms with van der Waals surface area (Å²) >= 11 is 0. The maximum atomic E-state index is 10.1. The van der Waals surface area contributed by atoms with Gasteiger partial charge in [0.1, 0.15) is 0 Å². The average molecular weight is 302 g/mol. The van der Waals surface area contributed by atoms with Crippen molar-refractivity contribution in [2.24, 2.45) is 0 Å². The van der Waals surface area contributed by atoms with Gasteiger partial charge in [-0.3, -0.25) is 9.80 Å². The second-order valence-electron chi connectivity index (χ2n) is 5.75. The lowest BCUT2D eigenvalue weighted by molar-refractivity contribution is 0.00158. The number of aliphatic hydroxyl groups excluding tert-OH is 1. The summed E-state index contributed by atoms with van der Waals surface area (Å²) in [5, 5.41) is 10.1. The third-order valence-corrected chi connectivity index (χ3v) is 3.93. The summed E-state index contributed by atoms with van der Waals surface area (Å²) in [6, 6.07) is 10.0.